The number of aromatic nitrogens is 3. The van der Waals surface area contributed by atoms with Gasteiger partial charge in [-0.05, 0) is 47.5 Å². The van der Waals surface area contributed by atoms with Gasteiger partial charge in [0.05, 0.1) is 14.2 Å². The second-order valence-electron chi connectivity index (χ2n) is 7.64. The summed E-state index contributed by atoms with van der Waals surface area (Å²) in [6, 6.07) is 20.6. The van der Waals surface area contributed by atoms with Gasteiger partial charge >= 0.3 is 0 Å². The van der Waals surface area contributed by atoms with Crippen LogP contribution in [0.5, 0.6) is 11.5 Å². The standard InChI is InChI=1S/C26H23N3O2/c1-30-21-9-5-19(6-10-21)26(20-7-11-22(31-2)12-8-20)14-13-23-24(16-26)28-29-25(23)18-4-3-15-27-17-18/h3-15,17H,16H2,1-2H3,(H,28,29). The molecule has 5 heteroatoms. The molecule has 1 aliphatic carbocycles. The summed E-state index contributed by atoms with van der Waals surface area (Å²) in [5, 5.41) is 7.91. The predicted octanol–water partition coefficient (Wildman–Crippen LogP) is 5.04. The van der Waals surface area contributed by atoms with E-state index in [0.29, 0.717) is 0 Å². The van der Waals surface area contributed by atoms with Crippen molar-refractivity contribution in [1.29, 1.82) is 0 Å². The Hall–Kier alpha value is -3.86. The first-order valence-electron chi connectivity index (χ1n) is 10.2. The van der Waals surface area contributed by atoms with Gasteiger partial charge in [-0.3, -0.25) is 10.1 Å². The molecule has 0 amide bonds. The molecular formula is C26H23N3O2. The average Bonchev–Trinajstić information content (AvgIpc) is 3.27. The number of hydrogen-bond acceptors (Lipinski definition) is 4. The molecule has 0 spiro atoms. The summed E-state index contributed by atoms with van der Waals surface area (Å²) in [7, 11) is 3.37. The summed E-state index contributed by atoms with van der Waals surface area (Å²) >= 11 is 0. The molecule has 0 saturated heterocycles. The normalized spacial score (nSPS) is 14.1. The fraction of sp³-hybridized carbons (Fsp3) is 0.154. The van der Waals surface area contributed by atoms with Crippen molar-refractivity contribution in [1.82, 2.24) is 15.2 Å². The molecule has 1 N–H and O–H groups in total. The Morgan fingerprint density at radius 3 is 2.06 bits per heavy atom. The molecule has 0 unspecified atom stereocenters. The quantitative estimate of drug-likeness (QED) is 0.501. The Morgan fingerprint density at radius 2 is 1.52 bits per heavy atom. The number of pyridine rings is 1. The number of nitrogens with zero attached hydrogens (tertiary/aromatic N) is 2. The minimum Gasteiger partial charge on any atom is -0.497 e. The summed E-state index contributed by atoms with van der Waals surface area (Å²) in [6.45, 7) is 0. The first kappa shape index (κ1) is 19.1. The highest BCUT2D eigenvalue weighted by Gasteiger charge is 2.36. The Bertz CT molecular complexity index is 1160. The third-order valence-corrected chi connectivity index (χ3v) is 6.02. The SMILES string of the molecule is COc1ccc(C2(c3ccc(OC)cc3)C=Cc3c(-c4cccnc4)n[nH]c3C2)cc1. The Kier molecular flexibility index (Phi) is 4.79. The molecule has 4 aromatic rings. The third kappa shape index (κ3) is 3.28. The largest absolute Gasteiger partial charge is 0.497 e. The zero-order chi connectivity index (χ0) is 21.3. The number of rotatable bonds is 5. The van der Waals surface area contributed by atoms with Crippen molar-refractivity contribution in [3.8, 4) is 22.8 Å². The lowest BCUT2D eigenvalue weighted by Crippen LogP contribution is -2.30. The summed E-state index contributed by atoms with van der Waals surface area (Å²) < 4.78 is 10.8. The molecule has 0 saturated carbocycles. The van der Waals surface area contributed by atoms with E-state index in [1.807, 2.05) is 42.6 Å². The van der Waals surface area contributed by atoms with Crippen LogP contribution in [0, 0.1) is 0 Å². The summed E-state index contributed by atoms with van der Waals surface area (Å²) in [5.41, 5.74) is 6.21. The topological polar surface area (TPSA) is 60.0 Å². The molecule has 2 aromatic carbocycles. The minimum absolute atomic E-state index is 0.329. The molecule has 5 nitrogen and oxygen atoms in total. The second kappa shape index (κ2) is 7.76. The van der Waals surface area contributed by atoms with Gasteiger partial charge < -0.3 is 9.47 Å². The Balaban J connectivity index is 1.63. The van der Waals surface area contributed by atoms with Crippen molar-refractivity contribution in [3.63, 3.8) is 0 Å². The average molecular weight is 409 g/mol. The third-order valence-electron chi connectivity index (χ3n) is 6.02. The maximum Gasteiger partial charge on any atom is 0.118 e. The van der Waals surface area contributed by atoms with Gasteiger partial charge in [-0.1, -0.05) is 36.4 Å². The van der Waals surface area contributed by atoms with E-state index in [-0.39, 0.29) is 5.41 Å². The number of hydrogen-bond donors (Lipinski definition) is 1. The van der Waals surface area contributed by atoms with Crippen LogP contribution >= 0.6 is 0 Å². The highest BCUT2D eigenvalue weighted by Crippen LogP contribution is 2.43. The fourth-order valence-electron chi connectivity index (χ4n) is 4.33. The Morgan fingerprint density at radius 1 is 0.871 bits per heavy atom. The Labute approximate surface area is 181 Å². The highest BCUT2D eigenvalue weighted by molar-refractivity contribution is 5.76. The molecule has 0 bridgehead atoms. The minimum atomic E-state index is -0.329. The number of nitrogens with one attached hydrogen (secondary N) is 1. The summed E-state index contributed by atoms with van der Waals surface area (Å²) in [6.07, 6.45) is 8.86. The molecule has 2 aromatic heterocycles. The zero-order valence-electron chi connectivity index (χ0n) is 17.5. The molecule has 2 heterocycles. The number of aromatic amines is 1. The van der Waals surface area contributed by atoms with E-state index in [2.05, 4.69) is 51.6 Å². The van der Waals surface area contributed by atoms with Gasteiger partial charge in [-0.25, -0.2) is 0 Å². The fourth-order valence-corrected chi connectivity index (χ4v) is 4.33. The molecular weight excluding hydrogens is 386 g/mol. The highest BCUT2D eigenvalue weighted by atomic mass is 16.5. The van der Waals surface area contributed by atoms with Crippen molar-refractivity contribution in [3.05, 3.63) is 102 Å². The van der Waals surface area contributed by atoms with Crippen molar-refractivity contribution in [2.45, 2.75) is 11.8 Å². The zero-order valence-corrected chi connectivity index (χ0v) is 17.5. The van der Waals surface area contributed by atoms with Crippen molar-refractivity contribution in [2.75, 3.05) is 14.2 Å². The van der Waals surface area contributed by atoms with Gasteiger partial charge in [0.15, 0.2) is 0 Å². The number of fused-ring (bicyclic) bond motifs is 1. The molecule has 1 aliphatic rings. The van der Waals surface area contributed by atoms with Crippen molar-refractivity contribution in [2.24, 2.45) is 0 Å². The van der Waals surface area contributed by atoms with E-state index in [9.17, 15) is 0 Å². The van der Waals surface area contributed by atoms with Crippen molar-refractivity contribution < 1.29 is 9.47 Å². The van der Waals surface area contributed by atoms with E-state index in [0.717, 1.165) is 40.4 Å². The van der Waals surface area contributed by atoms with Crippen LogP contribution in [-0.2, 0) is 11.8 Å². The van der Waals surface area contributed by atoms with Crippen LogP contribution in [0.25, 0.3) is 17.3 Å². The van der Waals surface area contributed by atoms with Crippen LogP contribution in [0.1, 0.15) is 22.4 Å². The molecule has 0 fully saturated rings. The lowest BCUT2D eigenvalue weighted by atomic mass is 9.68. The lowest BCUT2D eigenvalue weighted by Gasteiger charge is -2.34. The van der Waals surface area contributed by atoms with Gasteiger partial charge in [0, 0.05) is 41.1 Å². The van der Waals surface area contributed by atoms with Gasteiger partial charge in [0.25, 0.3) is 0 Å². The van der Waals surface area contributed by atoms with E-state index in [4.69, 9.17) is 9.47 Å². The lowest BCUT2D eigenvalue weighted by molar-refractivity contribution is 0.414. The number of allylic oxidation sites excluding steroid dienone is 1. The smallest absolute Gasteiger partial charge is 0.118 e. The molecule has 0 atom stereocenters. The molecule has 5 rings (SSSR count). The molecule has 0 aliphatic heterocycles. The predicted molar refractivity (Wildman–Crippen MR) is 121 cm³/mol. The van der Waals surface area contributed by atoms with Gasteiger partial charge in [-0.15, -0.1) is 0 Å². The van der Waals surface area contributed by atoms with Crippen molar-refractivity contribution >= 4 is 6.08 Å². The number of benzene rings is 2. The monoisotopic (exact) mass is 409 g/mol. The summed E-state index contributed by atoms with van der Waals surface area (Å²) in [5.74, 6) is 1.68. The number of methoxy groups -OCH3 is 2. The maximum absolute atomic E-state index is 5.38. The van der Waals surface area contributed by atoms with E-state index >= 15 is 0 Å². The number of ether oxygens (including phenoxy) is 2. The van der Waals surface area contributed by atoms with Gasteiger partial charge in [0.1, 0.15) is 17.2 Å². The van der Waals surface area contributed by atoms with Crippen LogP contribution < -0.4 is 9.47 Å². The number of H-pyrrole nitrogens is 1. The van der Waals surface area contributed by atoms with Gasteiger partial charge in [0.2, 0.25) is 0 Å². The summed E-state index contributed by atoms with van der Waals surface area (Å²) in [4.78, 5) is 4.24. The van der Waals surface area contributed by atoms with Gasteiger partial charge in [-0.2, -0.15) is 5.10 Å². The molecule has 0 radical (unpaired) electrons. The maximum atomic E-state index is 5.38. The molecule has 31 heavy (non-hydrogen) atoms. The van der Waals surface area contributed by atoms with E-state index < -0.39 is 0 Å². The van der Waals surface area contributed by atoms with E-state index in [1.54, 1.807) is 20.4 Å². The van der Waals surface area contributed by atoms with Crippen LogP contribution in [0.15, 0.2) is 79.1 Å². The first-order chi connectivity index (χ1) is 15.2. The molecule has 154 valence electrons. The van der Waals surface area contributed by atoms with Crippen LogP contribution in [0.2, 0.25) is 0 Å². The van der Waals surface area contributed by atoms with Crippen LogP contribution in [0.3, 0.4) is 0 Å². The first-order valence-corrected chi connectivity index (χ1v) is 10.2. The van der Waals surface area contributed by atoms with Crippen LogP contribution in [-0.4, -0.2) is 29.4 Å². The van der Waals surface area contributed by atoms with Crippen LogP contribution in [0.4, 0.5) is 0 Å². The van der Waals surface area contributed by atoms with E-state index in [1.165, 1.54) is 11.1 Å². The second-order valence-corrected chi connectivity index (χ2v) is 7.64.